The predicted octanol–water partition coefficient (Wildman–Crippen LogP) is 7.57. The summed E-state index contributed by atoms with van der Waals surface area (Å²) in [6.07, 6.45) is 7.59. The first kappa shape index (κ1) is 37.5. The third-order valence-electron chi connectivity index (χ3n) is 9.62. The van der Waals surface area contributed by atoms with E-state index < -0.39 is 5.82 Å². The summed E-state index contributed by atoms with van der Waals surface area (Å²) in [4.78, 5) is 28.8. The Balaban J connectivity index is 0.978. The highest BCUT2D eigenvalue weighted by Gasteiger charge is 2.26. The van der Waals surface area contributed by atoms with E-state index in [0.717, 1.165) is 53.3 Å². The van der Waals surface area contributed by atoms with Gasteiger partial charge in [-0.1, -0.05) is 16.4 Å². The van der Waals surface area contributed by atoms with Gasteiger partial charge in [0.2, 0.25) is 0 Å². The smallest absolute Gasteiger partial charge is 0.318 e. The zero-order valence-corrected chi connectivity index (χ0v) is 32.2. The number of aromatic nitrogens is 6. The number of aryl methyl sites for hydroxylation is 1. The van der Waals surface area contributed by atoms with E-state index in [0.29, 0.717) is 41.2 Å². The van der Waals surface area contributed by atoms with Crippen LogP contribution in [0.15, 0.2) is 94.6 Å². The highest BCUT2D eigenvalue weighted by atomic mass is 32.2. The fourth-order valence-electron chi connectivity index (χ4n) is 6.59. The van der Waals surface area contributed by atoms with Gasteiger partial charge in [0.05, 0.1) is 25.9 Å². The van der Waals surface area contributed by atoms with E-state index in [2.05, 4.69) is 49.4 Å². The molecule has 284 valence electrons. The van der Waals surface area contributed by atoms with Gasteiger partial charge in [-0.3, -0.25) is 9.69 Å². The number of hydrogen-bond acceptors (Lipinski definition) is 12. The number of carbonyl (C=O) groups is 1. The Labute approximate surface area is 323 Å². The van der Waals surface area contributed by atoms with Gasteiger partial charge in [-0.25, -0.2) is 14.1 Å². The van der Waals surface area contributed by atoms with Crippen LogP contribution in [0.3, 0.4) is 0 Å². The molecule has 55 heavy (non-hydrogen) atoms. The monoisotopic (exact) mass is 763 g/mol. The summed E-state index contributed by atoms with van der Waals surface area (Å²) < 4.78 is 33.2. The normalized spacial score (nSPS) is 14.5. The number of nitrogens with zero attached hydrogens (tertiary/aromatic N) is 9. The van der Waals surface area contributed by atoms with Gasteiger partial charge >= 0.3 is 6.01 Å². The lowest BCUT2D eigenvalue weighted by atomic mass is 10.0. The molecule has 1 aliphatic rings. The number of carbonyl (C=O) groups excluding carboxylic acids is 1. The molecule has 0 aliphatic carbocycles. The number of likely N-dealkylation sites (tertiary alicyclic amines) is 1. The second-order valence-corrected chi connectivity index (χ2v) is 14.3. The molecule has 13 nitrogen and oxygen atoms in total. The Kier molecular flexibility index (Phi) is 11.4. The van der Waals surface area contributed by atoms with Crippen molar-refractivity contribution in [1.82, 2.24) is 39.9 Å². The predicted molar refractivity (Wildman–Crippen MR) is 207 cm³/mol. The summed E-state index contributed by atoms with van der Waals surface area (Å²) in [5, 5.41) is 13.2. The maximum absolute atomic E-state index is 14.3. The van der Waals surface area contributed by atoms with E-state index in [1.54, 1.807) is 44.2 Å². The molecular weight excluding hydrogens is 722 g/mol. The van der Waals surface area contributed by atoms with Crippen molar-refractivity contribution in [2.24, 2.45) is 0 Å². The summed E-state index contributed by atoms with van der Waals surface area (Å²) in [6.45, 7) is 4.25. The largest absolute Gasteiger partial charge is 0.467 e. The van der Waals surface area contributed by atoms with Gasteiger partial charge in [0.25, 0.3) is 5.91 Å². The van der Waals surface area contributed by atoms with Crippen LogP contribution in [0, 0.1) is 12.7 Å². The van der Waals surface area contributed by atoms with Crippen molar-refractivity contribution in [3.8, 4) is 28.8 Å². The highest BCUT2D eigenvalue weighted by Crippen LogP contribution is 2.32. The molecule has 1 atom stereocenters. The van der Waals surface area contributed by atoms with E-state index >= 15 is 0 Å². The number of anilines is 2. The molecule has 1 amide bonds. The molecule has 0 bridgehead atoms. The molecule has 0 saturated carbocycles. The molecule has 1 saturated heterocycles. The Hall–Kier alpha value is -5.80. The van der Waals surface area contributed by atoms with Crippen molar-refractivity contribution in [2.75, 3.05) is 45.5 Å². The van der Waals surface area contributed by atoms with Gasteiger partial charge in [0.1, 0.15) is 28.8 Å². The lowest BCUT2D eigenvalue weighted by molar-refractivity contribution is 0.0773. The van der Waals surface area contributed by atoms with Gasteiger partial charge in [-0.15, -0.1) is 16.9 Å². The van der Waals surface area contributed by atoms with Gasteiger partial charge in [0.15, 0.2) is 11.5 Å². The van der Waals surface area contributed by atoms with E-state index in [1.165, 1.54) is 17.0 Å². The Morgan fingerprint density at radius 3 is 2.71 bits per heavy atom. The second kappa shape index (κ2) is 16.7. The number of benzene rings is 3. The SMILES string of the molecule is COc1nccc(N(C)c2ccc(C)c(-c3cn(C4CCCN(Cc5cc(C(=O)N(C)Cc6cc(F)ccc6Oc6ccc(SC)cc6)no5)C4)nn3)c2)n1. The van der Waals surface area contributed by atoms with Gasteiger partial charge < -0.3 is 23.8 Å². The number of thioether (sulfide) groups is 1. The maximum atomic E-state index is 14.3. The quantitative estimate of drug-likeness (QED) is 0.108. The number of rotatable bonds is 13. The molecule has 6 aromatic rings. The zero-order valence-electron chi connectivity index (χ0n) is 31.3. The van der Waals surface area contributed by atoms with Gasteiger partial charge in [0, 0.05) is 61.2 Å². The molecule has 7 rings (SSSR count). The lowest BCUT2D eigenvalue weighted by Gasteiger charge is -2.31. The number of piperidine rings is 1. The first-order valence-electron chi connectivity index (χ1n) is 17.8. The van der Waals surface area contributed by atoms with Gasteiger partial charge in [-0.2, -0.15) is 4.98 Å². The van der Waals surface area contributed by atoms with Crippen LogP contribution in [-0.4, -0.2) is 86.4 Å². The van der Waals surface area contributed by atoms with Crippen molar-refractivity contribution < 1.29 is 23.2 Å². The lowest BCUT2D eigenvalue weighted by Crippen LogP contribution is -2.36. The standard InChI is InChI=1S/C40H42FN9O4S/c1-26-8-10-29(48(3)38-16-17-42-40(43-38)52-4)20-34(26)36-25-50(46-44-36)30-7-6-18-49(23-30)24-32-21-35(45-54-32)39(51)47(2)22-27-19-28(41)9-15-37(27)53-31-11-13-33(55-5)14-12-31/h8-17,19-21,25,30H,6-7,18,22-24H2,1-5H3. The summed E-state index contributed by atoms with van der Waals surface area (Å²) in [7, 11) is 5.14. The molecule has 1 unspecified atom stereocenters. The van der Waals surface area contributed by atoms with Crippen molar-refractivity contribution >= 4 is 29.2 Å². The Morgan fingerprint density at radius 2 is 1.91 bits per heavy atom. The number of ether oxygens (including phenoxy) is 2. The van der Waals surface area contributed by atoms with Crippen LogP contribution < -0.4 is 14.4 Å². The van der Waals surface area contributed by atoms with Crippen molar-refractivity contribution in [3.63, 3.8) is 0 Å². The number of methoxy groups -OCH3 is 1. The molecule has 0 radical (unpaired) electrons. The van der Waals surface area contributed by atoms with E-state index in [4.69, 9.17) is 14.0 Å². The first-order valence-corrected chi connectivity index (χ1v) is 19.1. The highest BCUT2D eigenvalue weighted by molar-refractivity contribution is 7.98. The molecular formula is C40H42FN9O4S. The molecule has 1 aliphatic heterocycles. The number of halogens is 1. The van der Waals surface area contributed by atoms with Crippen LogP contribution in [0.25, 0.3) is 11.3 Å². The first-order chi connectivity index (χ1) is 26.7. The van der Waals surface area contributed by atoms with Crippen molar-refractivity contribution in [2.45, 2.75) is 43.8 Å². The fraction of sp³-hybridized carbons (Fsp3) is 0.300. The van der Waals surface area contributed by atoms with Crippen LogP contribution in [0.5, 0.6) is 17.5 Å². The van der Waals surface area contributed by atoms with Crippen LogP contribution in [0.2, 0.25) is 0 Å². The van der Waals surface area contributed by atoms with Crippen LogP contribution >= 0.6 is 11.8 Å². The number of hydrogen-bond donors (Lipinski definition) is 0. The molecule has 0 N–H and O–H groups in total. The van der Waals surface area contributed by atoms with E-state index in [1.807, 2.05) is 65.5 Å². The Morgan fingerprint density at radius 1 is 1.07 bits per heavy atom. The molecule has 4 heterocycles. The average molecular weight is 764 g/mol. The summed E-state index contributed by atoms with van der Waals surface area (Å²) in [5.74, 6) is 1.62. The van der Waals surface area contributed by atoms with E-state index in [-0.39, 0.29) is 24.2 Å². The number of amides is 1. The molecule has 0 spiro atoms. The van der Waals surface area contributed by atoms with Gasteiger partial charge in [-0.05, 0) is 98.8 Å². The summed E-state index contributed by atoms with van der Waals surface area (Å²) >= 11 is 1.63. The summed E-state index contributed by atoms with van der Waals surface area (Å²) in [5.41, 5.74) is 4.50. The molecule has 15 heteroatoms. The topological polar surface area (TPSA) is 128 Å². The molecule has 3 aromatic heterocycles. The third-order valence-corrected chi connectivity index (χ3v) is 10.4. The fourth-order valence-corrected chi connectivity index (χ4v) is 6.99. The third kappa shape index (κ3) is 8.79. The maximum Gasteiger partial charge on any atom is 0.318 e. The summed E-state index contributed by atoms with van der Waals surface area (Å²) in [6, 6.07) is 22.0. The van der Waals surface area contributed by atoms with E-state index in [9.17, 15) is 9.18 Å². The Bertz CT molecular complexity index is 2260. The van der Waals surface area contributed by atoms with Crippen LogP contribution in [0.1, 0.15) is 46.3 Å². The van der Waals surface area contributed by atoms with Crippen molar-refractivity contribution in [1.29, 1.82) is 0 Å². The molecule has 1 fully saturated rings. The van der Waals surface area contributed by atoms with Crippen LogP contribution in [-0.2, 0) is 13.1 Å². The zero-order chi connectivity index (χ0) is 38.5. The van der Waals surface area contributed by atoms with Crippen LogP contribution in [0.4, 0.5) is 15.9 Å². The minimum absolute atomic E-state index is 0.107. The minimum Gasteiger partial charge on any atom is -0.467 e. The second-order valence-electron chi connectivity index (χ2n) is 13.4. The average Bonchev–Trinajstić information content (AvgIpc) is 3.90. The molecule has 3 aromatic carbocycles. The minimum atomic E-state index is -0.417. The van der Waals surface area contributed by atoms with Crippen molar-refractivity contribution in [3.05, 3.63) is 114 Å².